The fourth-order valence-electron chi connectivity index (χ4n) is 5.07. The molecular weight excluding hydrogens is 490 g/mol. The molecule has 3 aromatic rings. The Morgan fingerprint density at radius 2 is 1.92 bits per heavy atom. The van der Waals surface area contributed by atoms with E-state index in [0.29, 0.717) is 34.2 Å². The molecule has 190 valence electrons. The van der Waals surface area contributed by atoms with Gasteiger partial charge in [0.1, 0.15) is 35.9 Å². The number of fused-ring (bicyclic) bond motifs is 2. The van der Waals surface area contributed by atoms with Crippen molar-refractivity contribution in [1.82, 2.24) is 9.97 Å². The van der Waals surface area contributed by atoms with Gasteiger partial charge in [0.2, 0.25) is 0 Å². The molecule has 0 aliphatic carbocycles. The summed E-state index contributed by atoms with van der Waals surface area (Å²) in [6, 6.07) is 7.83. The van der Waals surface area contributed by atoms with E-state index in [1.54, 1.807) is 6.07 Å². The number of alkyl halides is 1. The van der Waals surface area contributed by atoms with Crippen LogP contribution in [0.4, 0.5) is 26.0 Å². The normalized spacial score (nSPS) is 26.8. The molecule has 36 heavy (non-hydrogen) atoms. The summed E-state index contributed by atoms with van der Waals surface area (Å²) in [6.45, 7) is 2.02. The van der Waals surface area contributed by atoms with Crippen LogP contribution in [-0.2, 0) is 19.2 Å². The van der Waals surface area contributed by atoms with Gasteiger partial charge in [0.25, 0.3) is 0 Å². The minimum atomic E-state index is -2.21. The van der Waals surface area contributed by atoms with Crippen molar-refractivity contribution in [2.45, 2.75) is 44.2 Å². The average Bonchev–Trinajstić information content (AvgIpc) is 3.54. The van der Waals surface area contributed by atoms with E-state index >= 15 is 0 Å². The minimum Gasteiger partial charge on any atom is -0.483 e. The van der Waals surface area contributed by atoms with E-state index in [1.807, 2.05) is 19.1 Å². The van der Waals surface area contributed by atoms with Crippen molar-refractivity contribution in [2.75, 3.05) is 30.0 Å². The number of aromatic nitrogens is 2. The Morgan fingerprint density at radius 1 is 1.11 bits per heavy atom. The summed E-state index contributed by atoms with van der Waals surface area (Å²) < 4.78 is 62.7. The van der Waals surface area contributed by atoms with Gasteiger partial charge < -0.3 is 19.5 Å². The second-order valence-corrected chi connectivity index (χ2v) is 11.9. The molecule has 8 nitrogen and oxygen atoms in total. The van der Waals surface area contributed by atoms with Gasteiger partial charge in [0, 0.05) is 23.0 Å². The number of anilines is 2. The molecule has 0 spiro atoms. The van der Waals surface area contributed by atoms with Crippen LogP contribution >= 0.6 is 0 Å². The molecule has 4 heterocycles. The first-order valence-corrected chi connectivity index (χ1v) is 13.8. The smallest absolute Gasteiger partial charge is 0.152 e. The van der Waals surface area contributed by atoms with Crippen LogP contribution in [0.2, 0.25) is 0 Å². The molecular formula is C25H26F2N4O4S. The average molecular weight is 517 g/mol. The van der Waals surface area contributed by atoms with Crippen LogP contribution in [0.3, 0.4) is 0 Å². The number of hydrogen-bond donors (Lipinski definition) is 1. The monoisotopic (exact) mass is 516 g/mol. The number of ether oxygens (including phenoxy) is 3. The number of aryl methyl sites for hydroxylation is 1. The summed E-state index contributed by atoms with van der Waals surface area (Å²) in [5.74, 6) is 1.52. The highest BCUT2D eigenvalue weighted by Crippen LogP contribution is 2.37. The first-order valence-electron chi connectivity index (χ1n) is 12.0. The predicted molar refractivity (Wildman–Crippen MR) is 132 cm³/mol. The Morgan fingerprint density at radius 3 is 2.75 bits per heavy atom. The van der Waals surface area contributed by atoms with E-state index in [1.165, 1.54) is 18.5 Å². The van der Waals surface area contributed by atoms with Gasteiger partial charge in [-0.3, -0.25) is 0 Å². The maximum atomic E-state index is 14.2. The van der Waals surface area contributed by atoms with E-state index in [0.717, 1.165) is 23.8 Å². The lowest BCUT2D eigenvalue weighted by Crippen LogP contribution is -2.34. The summed E-state index contributed by atoms with van der Waals surface area (Å²) in [4.78, 5) is 8.81. The van der Waals surface area contributed by atoms with Crippen LogP contribution in [0, 0.1) is 12.7 Å². The van der Waals surface area contributed by atoms with E-state index in [2.05, 4.69) is 19.6 Å². The summed E-state index contributed by atoms with van der Waals surface area (Å²) in [7, 11) is -2.21. The van der Waals surface area contributed by atoms with Crippen LogP contribution in [-0.4, -0.2) is 63.4 Å². The third-order valence-electron chi connectivity index (χ3n) is 6.79. The van der Waals surface area contributed by atoms with E-state index < -0.39 is 40.0 Å². The highest BCUT2D eigenvalue weighted by Gasteiger charge is 2.49. The summed E-state index contributed by atoms with van der Waals surface area (Å²) >= 11 is 0. The van der Waals surface area contributed by atoms with Gasteiger partial charge in [-0.2, -0.15) is 4.36 Å². The van der Waals surface area contributed by atoms with Crippen molar-refractivity contribution < 1.29 is 27.2 Å². The number of nitrogens with one attached hydrogen (secondary N) is 1. The lowest BCUT2D eigenvalue weighted by atomic mass is 10.1. The predicted octanol–water partition coefficient (Wildman–Crippen LogP) is 4.60. The zero-order valence-electron chi connectivity index (χ0n) is 19.7. The summed E-state index contributed by atoms with van der Waals surface area (Å²) in [5, 5.41) is 4.00. The Hall–Kier alpha value is -2.89. The zero-order chi connectivity index (χ0) is 24.9. The summed E-state index contributed by atoms with van der Waals surface area (Å²) in [5.41, 5.74) is 2.63. The Labute approximate surface area is 207 Å². The van der Waals surface area contributed by atoms with Crippen molar-refractivity contribution >= 4 is 37.8 Å². The number of rotatable bonds is 5. The molecule has 4 atom stereocenters. The number of benzene rings is 2. The standard InChI is InChI=1S/C25H26F2N4O4S/c1-14-8-16(31-36(32)6-2-3-7-36)10-19-22(14)25(29-13-28-19)30-18-5-4-15(26)9-20(18)35-21-12-34-23-17(27)11-33-24(21)23/h4-5,8-10,13,17,21,23-24H,2-3,6-7,11-12H2,1H3,(H,28,29,30)/t17-,21+,23+,24?/m0/s1. The number of hydrogen-bond acceptors (Lipinski definition) is 8. The maximum absolute atomic E-state index is 14.2. The molecule has 3 saturated heterocycles. The van der Waals surface area contributed by atoms with Gasteiger partial charge in [0.05, 0.1) is 39.8 Å². The van der Waals surface area contributed by atoms with Crippen molar-refractivity contribution in [2.24, 2.45) is 4.36 Å². The number of nitrogens with zero attached hydrogens (tertiary/aromatic N) is 3. The van der Waals surface area contributed by atoms with Crippen molar-refractivity contribution in [3.8, 4) is 5.75 Å². The van der Waals surface area contributed by atoms with Crippen molar-refractivity contribution in [3.63, 3.8) is 0 Å². The third-order valence-corrected chi connectivity index (χ3v) is 9.19. The molecule has 6 rings (SSSR count). The van der Waals surface area contributed by atoms with Crippen LogP contribution in [0.25, 0.3) is 10.9 Å². The van der Waals surface area contributed by atoms with Crippen molar-refractivity contribution in [1.29, 1.82) is 0 Å². The summed E-state index contributed by atoms with van der Waals surface area (Å²) in [6.07, 6.45) is 0.302. The lowest BCUT2D eigenvalue weighted by Gasteiger charge is -2.20. The molecule has 3 fully saturated rings. The van der Waals surface area contributed by atoms with Gasteiger partial charge >= 0.3 is 0 Å². The maximum Gasteiger partial charge on any atom is 0.152 e. The Kier molecular flexibility index (Phi) is 6.01. The molecule has 1 aromatic heterocycles. The van der Waals surface area contributed by atoms with Crippen LogP contribution in [0.15, 0.2) is 41.0 Å². The molecule has 0 radical (unpaired) electrons. The lowest BCUT2D eigenvalue weighted by molar-refractivity contribution is 0.0283. The molecule has 1 N–H and O–H groups in total. The van der Waals surface area contributed by atoms with Gasteiger partial charge in [-0.15, -0.1) is 0 Å². The van der Waals surface area contributed by atoms with Gasteiger partial charge in [-0.1, -0.05) is 0 Å². The van der Waals surface area contributed by atoms with Gasteiger partial charge in [-0.05, 0) is 49.6 Å². The molecule has 1 unspecified atom stereocenters. The van der Waals surface area contributed by atoms with Gasteiger partial charge in [0.15, 0.2) is 12.3 Å². The van der Waals surface area contributed by atoms with Crippen LogP contribution < -0.4 is 10.1 Å². The molecule has 2 aromatic carbocycles. The second-order valence-electron chi connectivity index (χ2n) is 9.39. The molecule has 0 saturated carbocycles. The van der Waals surface area contributed by atoms with E-state index in [-0.39, 0.29) is 19.0 Å². The molecule has 3 aliphatic rings. The minimum absolute atomic E-state index is 0.0428. The second kappa shape index (κ2) is 9.20. The quantitative estimate of drug-likeness (QED) is 0.530. The fraction of sp³-hybridized carbons (Fsp3) is 0.440. The molecule has 11 heteroatoms. The fourth-order valence-corrected chi connectivity index (χ4v) is 7.25. The Bertz CT molecular complexity index is 1430. The van der Waals surface area contributed by atoms with Crippen molar-refractivity contribution in [3.05, 3.63) is 48.0 Å². The van der Waals surface area contributed by atoms with E-state index in [4.69, 9.17) is 14.2 Å². The van der Waals surface area contributed by atoms with Gasteiger partial charge in [-0.25, -0.2) is 23.0 Å². The highest BCUT2D eigenvalue weighted by molar-refractivity contribution is 7.93. The molecule has 3 aliphatic heterocycles. The largest absolute Gasteiger partial charge is 0.483 e. The first-order chi connectivity index (χ1) is 17.4. The number of halogens is 2. The van der Waals surface area contributed by atoms with Crippen LogP contribution in [0.5, 0.6) is 5.75 Å². The third kappa shape index (κ3) is 4.39. The van der Waals surface area contributed by atoms with E-state index in [9.17, 15) is 13.0 Å². The highest BCUT2D eigenvalue weighted by atomic mass is 32.2. The topological polar surface area (TPSA) is 94.9 Å². The first kappa shape index (κ1) is 23.5. The molecule has 0 amide bonds. The molecule has 0 bridgehead atoms. The van der Waals surface area contributed by atoms with Crippen LogP contribution in [0.1, 0.15) is 18.4 Å². The zero-order valence-corrected chi connectivity index (χ0v) is 20.5. The SMILES string of the molecule is Cc1cc(N=S2(=O)CCCC2)cc2ncnc(Nc3ccc(F)cc3O[C@@H]3CO[C@H]4C3OC[C@@H]4F)c12. The Balaban J connectivity index is 1.32.